The molecule has 10 N–H and O–H groups in total. The van der Waals surface area contributed by atoms with Gasteiger partial charge in [-0.05, 0) is 62.1 Å². The first kappa shape index (κ1) is 37.6. The second-order valence-corrected chi connectivity index (χ2v) is 10.7. The van der Waals surface area contributed by atoms with Gasteiger partial charge in [0.2, 0.25) is 11.7 Å². The standard InChI is InChI=1S/C31H38F2N10O3.CH2O2/c1-4-18-14-19(7-8-20(18)29(44)40-15-17(2)41-30(45)22(34)6-5-11-38-31(35)36)42-27-28-39-16-23(43(28)13-12-37-27)21-9-10-24(46-3)26(33)25(21)32;2-1-3/h7-10,12-14,16-17,22H,4-6,11,15,34H2,1-3H3,(H,37,42)(H,40,44)(H,41,45)(H4,35,36,38);1H,(H,2,3). The van der Waals surface area contributed by atoms with E-state index in [1.54, 1.807) is 29.7 Å². The molecule has 0 radical (unpaired) electrons. The molecule has 4 rings (SSSR count). The summed E-state index contributed by atoms with van der Waals surface area (Å²) in [5, 5.41) is 15.8. The Morgan fingerprint density at radius 1 is 1.16 bits per heavy atom. The molecule has 0 aliphatic heterocycles. The SMILES string of the molecule is CCc1cc(Nc2nccn3c(-c4ccc(OC)c(F)c4F)cnc23)ccc1C(=O)NCC(C)NC(=O)C(N)CCCN=C(N)N.O=CO. The number of aromatic nitrogens is 3. The second kappa shape index (κ2) is 17.9. The molecule has 2 amide bonds. The molecule has 0 saturated heterocycles. The zero-order valence-electron chi connectivity index (χ0n) is 27.2. The highest BCUT2D eigenvalue weighted by Gasteiger charge is 2.20. The molecule has 0 saturated carbocycles. The molecule has 2 aromatic carbocycles. The Hall–Kier alpha value is -5.84. The number of aryl methyl sites for hydroxylation is 1. The first-order valence-corrected chi connectivity index (χ1v) is 15.2. The second-order valence-electron chi connectivity index (χ2n) is 10.7. The predicted molar refractivity (Wildman–Crippen MR) is 181 cm³/mol. The fourth-order valence-corrected chi connectivity index (χ4v) is 4.81. The van der Waals surface area contributed by atoms with Gasteiger partial charge in [-0.15, -0.1) is 0 Å². The van der Waals surface area contributed by atoms with E-state index in [1.165, 1.54) is 31.6 Å². The normalized spacial score (nSPS) is 11.8. The number of carboxylic acid groups (broad SMARTS) is 1. The zero-order valence-corrected chi connectivity index (χ0v) is 27.2. The maximum Gasteiger partial charge on any atom is 0.290 e. The van der Waals surface area contributed by atoms with E-state index >= 15 is 0 Å². The average Bonchev–Trinajstić information content (AvgIpc) is 3.51. The van der Waals surface area contributed by atoms with Crippen LogP contribution in [0.1, 0.15) is 42.6 Å². The van der Waals surface area contributed by atoms with Crippen LogP contribution in [0.3, 0.4) is 0 Å². The smallest absolute Gasteiger partial charge is 0.290 e. The lowest BCUT2D eigenvalue weighted by molar-refractivity contribution is -0.123. The Labute approximate surface area is 281 Å². The molecule has 0 fully saturated rings. The number of rotatable bonds is 14. The molecule has 4 aromatic rings. The summed E-state index contributed by atoms with van der Waals surface area (Å²) >= 11 is 0. The van der Waals surface area contributed by atoms with Crippen molar-refractivity contribution in [2.24, 2.45) is 22.2 Å². The zero-order chi connectivity index (χ0) is 36.1. The number of guanidine groups is 1. The summed E-state index contributed by atoms with van der Waals surface area (Å²) < 4.78 is 35.7. The van der Waals surface area contributed by atoms with Crippen molar-refractivity contribution in [3.63, 3.8) is 0 Å². The lowest BCUT2D eigenvalue weighted by atomic mass is 10.0. The molecule has 17 heteroatoms. The van der Waals surface area contributed by atoms with Crippen molar-refractivity contribution in [1.82, 2.24) is 25.0 Å². The number of amides is 2. The van der Waals surface area contributed by atoms with E-state index in [0.717, 1.165) is 5.56 Å². The number of nitrogens with zero attached hydrogens (tertiary/aromatic N) is 4. The van der Waals surface area contributed by atoms with Crippen LogP contribution in [0.15, 0.2) is 53.9 Å². The van der Waals surface area contributed by atoms with Gasteiger partial charge in [0.25, 0.3) is 12.4 Å². The van der Waals surface area contributed by atoms with Gasteiger partial charge < -0.3 is 43.0 Å². The fourth-order valence-electron chi connectivity index (χ4n) is 4.81. The van der Waals surface area contributed by atoms with Crippen LogP contribution in [0, 0.1) is 11.6 Å². The summed E-state index contributed by atoms with van der Waals surface area (Å²) in [7, 11) is 1.26. The van der Waals surface area contributed by atoms with Crippen LogP contribution in [0.2, 0.25) is 0 Å². The summed E-state index contributed by atoms with van der Waals surface area (Å²) in [5.41, 5.74) is 19.2. The van der Waals surface area contributed by atoms with E-state index in [2.05, 4.69) is 30.9 Å². The summed E-state index contributed by atoms with van der Waals surface area (Å²) in [6.07, 6.45) is 6.08. The Bertz CT molecular complexity index is 1800. The molecule has 0 bridgehead atoms. The number of carbonyl (C=O) groups is 3. The van der Waals surface area contributed by atoms with Crippen molar-refractivity contribution in [2.45, 2.75) is 45.2 Å². The van der Waals surface area contributed by atoms with E-state index in [0.29, 0.717) is 54.2 Å². The van der Waals surface area contributed by atoms with Crippen molar-refractivity contribution in [2.75, 3.05) is 25.5 Å². The third-order valence-corrected chi connectivity index (χ3v) is 7.23. The number of fused-ring (bicyclic) bond motifs is 1. The number of hydrogen-bond donors (Lipinski definition) is 7. The number of nitrogens with two attached hydrogens (primary N) is 3. The molecule has 0 aliphatic carbocycles. The lowest BCUT2D eigenvalue weighted by Crippen LogP contribution is -2.48. The van der Waals surface area contributed by atoms with Gasteiger partial charge in [0.15, 0.2) is 29.0 Å². The van der Waals surface area contributed by atoms with Crippen LogP contribution in [-0.4, -0.2) is 76.0 Å². The molecular formula is C32H40F2N10O5. The highest BCUT2D eigenvalue weighted by molar-refractivity contribution is 5.96. The predicted octanol–water partition coefficient (Wildman–Crippen LogP) is 2.31. The maximum absolute atomic E-state index is 14.8. The minimum Gasteiger partial charge on any atom is -0.494 e. The molecule has 262 valence electrons. The molecular weight excluding hydrogens is 642 g/mol. The van der Waals surface area contributed by atoms with Gasteiger partial charge in [0.1, 0.15) is 0 Å². The van der Waals surface area contributed by atoms with Crippen molar-refractivity contribution in [3.8, 4) is 17.0 Å². The number of nitrogens with one attached hydrogen (secondary N) is 3. The maximum atomic E-state index is 14.8. The van der Waals surface area contributed by atoms with Crippen molar-refractivity contribution in [3.05, 3.63) is 71.7 Å². The summed E-state index contributed by atoms with van der Waals surface area (Å²) in [4.78, 5) is 46.5. The van der Waals surface area contributed by atoms with Crippen LogP contribution < -0.4 is 37.9 Å². The first-order valence-electron chi connectivity index (χ1n) is 15.2. The Balaban J connectivity index is 0.00000209. The highest BCUT2D eigenvalue weighted by atomic mass is 19.2. The fraction of sp³-hybridized carbons (Fsp3) is 0.312. The van der Waals surface area contributed by atoms with Crippen LogP contribution in [0.25, 0.3) is 16.9 Å². The molecule has 2 atom stereocenters. The number of methoxy groups -OCH3 is 1. The first-order chi connectivity index (χ1) is 23.4. The van der Waals surface area contributed by atoms with Gasteiger partial charge in [-0.2, -0.15) is 4.39 Å². The van der Waals surface area contributed by atoms with E-state index < -0.39 is 17.7 Å². The third kappa shape index (κ3) is 9.83. The number of benzene rings is 2. The number of anilines is 2. The van der Waals surface area contributed by atoms with Gasteiger partial charge in [-0.3, -0.25) is 23.8 Å². The van der Waals surface area contributed by atoms with Crippen molar-refractivity contribution >= 4 is 41.4 Å². The number of carbonyl (C=O) groups excluding carboxylic acids is 2. The number of aliphatic imine (C=N–C) groups is 1. The third-order valence-electron chi connectivity index (χ3n) is 7.23. The topological polar surface area (TPSA) is 237 Å². The molecule has 2 aromatic heterocycles. The summed E-state index contributed by atoms with van der Waals surface area (Å²) in [5.74, 6) is -2.59. The highest BCUT2D eigenvalue weighted by Crippen LogP contribution is 2.31. The number of imidazole rings is 1. The van der Waals surface area contributed by atoms with E-state index in [-0.39, 0.29) is 48.1 Å². The Morgan fingerprint density at radius 3 is 2.57 bits per heavy atom. The van der Waals surface area contributed by atoms with Gasteiger partial charge in [0.05, 0.1) is 25.0 Å². The van der Waals surface area contributed by atoms with Gasteiger partial charge in [-0.25, -0.2) is 14.4 Å². The van der Waals surface area contributed by atoms with Crippen LogP contribution in [-0.2, 0) is 16.0 Å². The number of hydrogen-bond acceptors (Lipinski definition) is 9. The minimum atomic E-state index is -1.09. The monoisotopic (exact) mass is 682 g/mol. The summed E-state index contributed by atoms with van der Waals surface area (Å²) in [6.45, 7) is 4.02. The van der Waals surface area contributed by atoms with E-state index in [1.807, 2.05) is 13.0 Å². The molecule has 0 aliphatic rings. The molecule has 15 nitrogen and oxygen atoms in total. The van der Waals surface area contributed by atoms with Crippen LogP contribution in [0.5, 0.6) is 5.75 Å². The van der Waals surface area contributed by atoms with Crippen LogP contribution >= 0.6 is 0 Å². The Kier molecular flexibility index (Phi) is 13.7. The van der Waals surface area contributed by atoms with E-state index in [4.69, 9.17) is 31.8 Å². The van der Waals surface area contributed by atoms with Gasteiger partial charge >= 0.3 is 0 Å². The van der Waals surface area contributed by atoms with Crippen molar-refractivity contribution in [1.29, 1.82) is 0 Å². The molecule has 2 unspecified atom stereocenters. The van der Waals surface area contributed by atoms with Gasteiger partial charge in [-0.1, -0.05) is 6.92 Å². The van der Waals surface area contributed by atoms with Gasteiger partial charge in [0, 0.05) is 48.3 Å². The molecule has 49 heavy (non-hydrogen) atoms. The average molecular weight is 683 g/mol. The summed E-state index contributed by atoms with van der Waals surface area (Å²) in [6, 6.07) is 6.94. The van der Waals surface area contributed by atoms with E-state index in [9.17, 15) is 18.4 Å². The Morgan fingerprint density at radius 2 is 1.90 bits per heavy atom. The quantitative estimate of drug-likeness (QED) is 0.0441. The molecule has 0 spiro atoms. The lowest BCUT2D eigenvalue weighted by Gasteiger charge is -2.18. The largest absolute Gasteiger partial charge is 0.494 e. The number of halogens is 2. The minimum absolute atomic E-state index is 0.0123. The number of ether oxygens (including phenoxy) is 1. The van der Waals surface area contributed by atoms with Crippen LogP contribution in [0.4, 0.5) is 20.3 Å². The molecule has 2 heterocycles. The van der Waals surface area contributed by atoms with Crippen molar-refractivity contribution < 1.29 is 33.0 Å².